The third kappa shape index (κ3) is 17.3. The lowest BCUT2D eigenvalue weighted by Crippen LogP contribution is -2.66. The van der Waals surface area contributed by atoms with Gasteiger partial charge in [-0.05, 0) is 26.7 Å². The number of amides is 2. The van der Waals surface area contributed by atoms with Gasteiger partial charge in [0.15, 0.2) is 41.5 Å². The van der Waals surface area contributed by atoms with Crippen LogP contribution in [0.15, 0.2) is 6.07 Å². The molecule has 0 spiro atoms. The van der Waals surface area contributed by atoms with Crippen LogP contribution in [0.4, 0.5) is 17.6 Å². The molecule has 0 aliphatic carbocycles. The number of hydrogen-bond donors (Lipinski definition) is 2. The summed E-state index contributed by atoms with van der Waals surface area (Å²) >= 11 is 0. The molecule has 0 bridgehead atoms. The highest BCUT2D eigenvalue weighted by atomic mass is 19.2. The maximum Gasteiger partial charge on any atom is 0.303 e. The fourth-order valence-electron chi connectivity index (χ4n) is 5.10. The van der Waals surface area contributed by atoms with Crippen molar-refractivity contribution in [2.75, 3.05) is 59.4 Å². The zero-order valence-corrected chi connectivity index (χ0v) is 32.6. The second-order valence-corrected chi connectivity index (χ2v) is 13.0. The Hall–Kier alpha value is -4.44. The van der Waals surface area contributed by atoms with Gasteiger partial charge in [0.05, 0.1) is 33.0 Å². The summed E-state index contributed by atoms with van der Waals surface area (Å²) in [6, 6.07) is -1.08. The van der Waals surface area contributed by atoms with E-state index >= 15 is 0 Å². The molecule has 2 N–H and O–H groups in total. The van der Waals surface area contributed by atoms with Crippen molar-refractivity contribution in [2.24, 2.45) is 0 Å². The first kappa shape index (κ1) is 48.7. The second-order valence-electron chi connectivity index (χ2n) is 13.0. The van der Waals surface area contributed by atoms with Crippen LogP contribution in [-0.4, -0.2) is 131 Å². The number of Topliss-reactive ketones (excluding diaryl/α,β-unsaturated/α-hetero) is 1. The fraction of sp³-hybridized carbons (Fsp3) is 0.667. The second kappa shape index (κ2) is 24.4. The van der Waals surface area contributed by atoms with E-state index in [1.165, 1.54) is 13.8 Å². The van der Waals surface area contributed by atoms with Crippen LogP contribution in [0, 0.1) is 23.3 Å². The average molecular weight is 827 g/mol. The van der Waals surface area contributed by atoms with E-state index in [0.29, 0.717) is 12.8 Å². The van der Waals surface area contributed by atoms with Crippen LogP contribution in [0.2, 0.25) is 0 Å². The predicted octanol–water partition coefficient (Wildman–Crippen LogP) is 1.98. The number of esters is 3. The van der Waals surface area contributed by atoms with Gasteiger partial charge >= 0.3 is 17.9 Å². The summed E-state index contributed by atoms with van der Waals surface area (Å²) in [6.07, 6.45) is -3.88. The number of benzene rings is 1. The Morgan fingerprint density at radius 1 is 0.754 bits per heavy atom. The first-order valence-corrected chi connectivity index (χ1v) is 17.9. The summed E-state index contributed by atoms with van der Waals surface area (Å²) in [5.74, 6) is -11.9. The molecule has 322 valence electrons. The maximum absolute atomic E-state index is 13.9. The van der Waals surface area contributed by atoms with Gasteiger partial charge in [0.2, 0.25) is 29.2 Å². The first-order valence-electron chi connectivity index (χ1n) is 17.9. The summed E-state index contributed by atoms with van der Waals surface area (Å²) in [7, 11) is 0. The molecule has 1 aliphatic rings. The van der Waals surface area contributed by atoms with Crippen LogP contribution in [0.5, 0.6) is 5.75 Å². The third-order valence-corrected chi connectivity index (χ3v) is 7.80. The minimum Gasteiger partial charge on any atom is -0.474 e. The van der Waals surface area contributed by atoms with E-state index in [2.05, 4.69) is 10.6 Å². The monoisotopic (exact) mass is 826 g/mol. The molecular formula is C36H50F4N2O15. The molecule has 2 amide bonds. The van der Waals surface area contributed by atoms with E-state index in [0.717, 1.165) is 27.7 Å². The highest BCUT2D eigenvalue weighted by Gasteiger charge is 2.51. The minimum atomic E-state index is -1.87. The summed E-state index contributed by atoms with van der Waals surface area (Å²) in [4.78, 5) is 72.0. The van der Waals surface area contributed by atoms with Crippen LogP contribution in [0.3, 0.4) is 0 Å². The number of unbranched alkanes of at least 4 members (excludes halogenated alkanes) is 1. The van der Waals surface area contributed by atoms with Crippen LogP contribution in [0.25, 0.3) is 0 Å². The zero-order chi connectivity index (χ0) is 42.7. The number of halogens is 4. The SMILES string of the molecule is CC(=O)N[C@H]1[C@H](OCCCCC(=O)NCCOCCOCCOCC(=O)C(C)(C)Oc2c(F)c(F)cc(F)c2F)O[C@H](COC(C)=O)[C@H](OC(C)=O)[C@@H]1OC(C)=O. The van der Waals surface area contributed by atoms with Gasteiger partial charge in [-0.1, -0.05) is 0 Å². The summed E-state index contributed by atoms with van der Waals surface area (Å²) in [5.41, 5.74) is -1.87. The topological polar surface area (TPSA) is 210 Å². The van der Waals surface area contributed by atoms with Gasteiger partial charge in [-0.3, -0.25) is 28.8 Å². The fourth-order valence-corrected chi connectivity index (χ4v) is 5.10. The van der Waals surface area contributed by atoms with E-state index in [4.69, 9.17) is 42.6 Å². The van der Waals surface area contributed by atoms with Gasteiger partial charge in [-0.25, -0.2) is 8.78 Å². The van der Waals surface area contributed by atoms with Crippen molar-refractivity contribution in [3.63, 3.8) is 0 Å². The molecule has 1 fully saturated rings. The van der Waals surface area contributed by atoms with Crippen molar-refractivity contribution in [1.82, 2.24) is 10.6 Å². The molecule has 1 heterocycles. The smallest absolute Gasteiger partial charge is 0.303 e. The zero-order valence-electron chi connectivity index (χ0n) is 32.6. The molecule has 0 radical (unpaired) electrons. The number of carbonyl (C=O) groups excluding carboxylic acids is 6. The molecule has 1 aliphatic heterocycles. The van der Waals surface area contributed by atoms with Gasteiger partial charge in [0, 0.05) is 53.3 Å². The van der Waals surface area contributed by atoms with Crippen LogP contribution >= 0.6 is 0 Å². The van der Waals surface area contributed by atoms with Gasteiger partial charge in [-0.15, -0.1) is 0 Å². The van der Waals surface area contributed by atoms with Crippen LogP contribution in [0.1, 0.15) is 60.8 Å². The van der Waals surface area contributed by atoms with Crippen molar-refractivity contribution in [2.45, 2.75) is 97.0 Å². The predicted molar refractivity (Wildman–Crippen MR) is 185 cm³/mol. The molecule has 57 heavy (non-hydrogen) atoms. The van der Waals surface area contributed by atoms with Crippen molar-refractivity contribution in [3.05, 3.63) is 29.3 Å². The van der Waals surface area contributed by atoms with E-state index in [1.807, 2.05) is 0 Å². The Morgan fingerprint density at radius 3 is 1.91 bits per heavy atom. The summed E-state index contributed by atoms with van der Waals surface area (Å²) < 4.78 is 103. The number of ether oxygens (including phenoxy) is 9. The lowest BCUT2D eigenvalue weighted by atomic mass is 9.96. The van der Waals surface area contributed by atoms with Crippen molar-refractivity contribution < 1.29 is 89.0 Å². The first-order chi connectivity index (χ1) is 26.8. The highest BCUT2D eigenvalue weighted by Crippen LogP contribution is 2.30. The van der Waals surface area contributed by atoms with Crippen LogP contribution in [-0.2, 0) is 66.7 Å². The molecule has 21 heteroatoms. The number of nitrogens with one attached hydrogen (secondary N) is 2. The Labute approximate surface area is 326 Å². The van der Waals surface area contributed by atoms with Crippen molar-refractivity contribution in [1.29, 1.82) is 0 Å². The number of rotatable bonds is 25. The van der Waals surface area contributed by atoms with Crippen molar-refractivity contribution in [3.8, 4) is 5.75 Å². The molecule has 5 atom stereocenters. The molecule has 0 unspecified atom stereocenters. The normalized spacial score (nSPS) is 19.3. The highest BCUT2D eigenvalue weighted by molar-refractivity contribution is 5.88. The molecule has 0 saturated carbocycles. The van der Waals surface area contributed by atoms with Gasteiger partial charge in [-0.2, -0.15) is 8.78 Å². The van der Waals surface area contributed by atoms with E-state index in [1.54, 1.807) is 0 Å². The van der Waals surface area contributed by atoms with Crippen molar-refractivity contribution >= 4 is 35.5 Å². The quantitative estimate of drug-likeness (QED) is 0.0475. The average Bonchev–Trinajstić information content (AvgIpc) is 3.12. The maximum atomic E-state index is 13.9. The lowest BCUT2D eigenvalue weighted by molar-refractivity contribution is -0.277. The largest absolute Gasteiger partial charge is 0.474 e. The molecular weight excluding hydrogens is 776 g/mol. The molecule has 0 aromatic heterocycles. The Bertz CT molecular complexity index is 1510. The number of ketones is 1. The van der Waals surface area contributed by atoms with Gasteiger partial charge in [0.25, 0.3) is 0 Å². The van der Waals surface area contributed by atoms with Gasteiger partial charge < -0.3 is 53.3 Å². The number of carbonyl (C=O) groups is 6. The summed E-state index contributed by atoms with van der Waals surface area (Å²) in [5, 5.41) is 5.31. The van der Waals surface area contributed by atoms with E-state index < -0.39 is 101 Å². The lowest BCUT2D eigenvalue weighted by Gasteiger charge is -2.44. The van der Waals surface area contributed by atoms with E-state index in [-0.39, 0.29) is 71.2 Å². The van der Waals surface area contributed by atoms with E-state index in [9.17, 15) is 46.3 Å². The summed E-state index contributed by atoms with van der Waals surface area (Å²) in [6.45, 7) is 6.89. The molecule has 2 rings (SSSR count). The van der Waals surface area contributed by atoms with Crippen LogP contribution < -0.4 is 15.4 Å². The molecule has 17 nitrogen and oxygen atoms in total. The third-order valence-electron chi connectivity index (χ3n) is 7.80. The molecule has 1 saturated heterocycles. The molecule has 1 aromatic rings. The van der Waals surface area contributed by atoms with Gasteiger partial charge in [0.1, 0.15) is 25.4 Å². The molecule has 1 aromatic carbocycles. The standard InChI is InChI=1S/C36H50F4N2O15/c1-20(43)42-31-34(55-23(4)46)32(54-22(3)45)26(18-53-21(2)44)56-35(31)52-11-8-7-9-28(48)41-10-12-49-13-14-50-15-16-51-19-27(47)36(5,6)57-33-29(39)24(37)17-25(38)30(33)40/h17,26,31-32,34-35H,7-16,18-19H2,1-6H3,(H,41,48)(H,42,43)/t26-,31-,32+,34-,35-/m1/s1. The Kier molecular flexibility index (Phi) is 20.8. The minimum absolute atomic E-state index is 0.0236. The Balaban J connectivity index is 1.64. The Morgan fingerprint density at radius 2 is 1.33 bits per heavy atom. The number of hydrogen-bond acceptors (Lipinski definition) is 15.